The molecular formula is C18H11N3O5. The number of hydrogen-bond donors (Lipinski definition) is 2. The molecule has 26 heavy (non-hydrogen) atoms. The summed E-state index contributed by atoms with van der Waals surface area (Å²) >= 11 is 0. The molecule has 0 aromatic heterocycles. The van der Waals surface area contributed by atoms with Crippen molar-refractivity contribution >= 4 is 35.2 Å². The number of hydrogen-bond acceptors (Lipinski definition) is 5. The van der Waals surface area contributed by atoms with Gasteiger partial charge in [-0.15, -0.1) is 0 Å². The van der Waals surface area contributed by atoms with Gasteiger partial charge in [0.1, 0.15) is 6.54 Å². The van der Waals surface area contributed by atoms with Gasteiger partial charge in [0.2, 0.25) is 5.91 Å². The maximum absolute atomic E-state index is 12.3. The molecule has 0 unspecified atom stereocenters. The van der Waals surface area contributed by atoms with Crippen LogP contribution >= 0.6 is 0 Å². The number of carbonyl (C=O) groups is 5. The second kappa shape index (κ2) is 5.62. The maximum atomic E-state index is 12.3. The van der Waals surface area contributed by atoms with Crippen molar-refractivity contribution in [3.8, 4) is 0 Å². The fourth-order valence-electron chi connectivity index (χ4n) is 2.97. The molecule has 2 aliphatic rings. The molecule has 128 valence electrons. The molecule has 0 spiro atoms. The number of rotatable bonds is 3. The van der Waals surface area contributed by atoms with Gasteiger partial charge in [-0.05, 0) is 30.3 Å². The summed E-state index contributed by atoms with van der Waals surface area (Å²) in [5, 5.41) is 4.68. The van der Waals surface area contributed by atoms with Gasteiger partial charge in [0.25, 0.3) is 23.6 Å². The Balaban J connectivity index is 1.50. The number of benzene rings is 2. The topological polar surface area (TPSA) is 113 Å². The van der Waals surface area contributed by atoms with Crippen LogP contribution in [0, 0.1) is 0 Å². The lowest BCUT2D eigenvalue weighted by atomic mass is 10.1. The Kier molecular flexibility index (Phi) is 3.40. The third kappa shape index (κ3) is 2.35. The van der Waals surface area contributed by atoms with E-state index in [1.807, 2.05) is 0 Å². The number of amides is 5. The summed E-state index contributed by atoms with van der Waals surface area (Å²) in [6.07, 6.45) is 0. The minimum absolute atomic E-state index is 0.161. The Morgan fingerprint density at radius 1 is 0.846 bits per heavy atom. The number of anilines is 1. The number of imide groups is 2. The Hall–Kier alpha value is -3.81. The maximum Gasteiger partial charge on any atom is 0.262 e. The Morgan fingerprint density at radius 3 is 2.12 bits per heavy atom. The van der Waals surface area contributed by atoms with Gasteiger partial charge in [-0.2, -0.15) is 0 Å². The minimum Gasteiger partial charge on any atom is -0.325 e. The van der Waals surface area contributed by atoms with Gasteiger partial charge in [0.15, 0.2) is 0 Å². The van der Waals surface area contributed by atoms with Crippen molar-refractivity contribution in [1.82, 2.24) is 10.2 Å². The third-order valence-electron chi connectivity index (χ3n) is 4.20. The summed E-state index contributed by atoms with van der Waals surface area (Å²) in [4.78, 5) is 60.8. The summed E-state index contributed by atoms with van der Waals surface area (Å²) in [7, 11) is 0. The van der Waals surface area contributed by atoms with Gasteiger partial charge in [0.05, 0.1) is 22.3 Å². The summed E-state index contributed by atoms with van der Waals surface area (Å²) in [5.74, 6) is -2.68. The molecule has 0 saturated carbocycles. The molecular weight excluding hydrogens is 338 g/mol. The van der Waals surface area contributed by atoms with E-state index in [0.717, 1.165) is 4.90 Å². The van der Waals surface area contributed by atoms with Crippen LogP contribution in [0.25, 0.3) is 0 Å². The number of nitrogens with one attached hydrogen (secondary N) is 2. The first kappa shape index (κ1) is 15.7. The summed E-state index contributed by atoms with van der Waals surface area (Å²) in [6, 6.07) is 10.6. The largest absolute Gasteiger partial charge is 0.325 e. The minimum atomic E-state index is -0.593. The quantitative estimate of drug-likeness (QED) is 0.796. The Bertz CT molecular complexity index is 992. The van der Waals surface area contributed by atoms with Crippen LogP contribution in [-0.4, -0.2) is 41.0 Å². The van der Waals surface area contributed by atoms with E-state index < -0.39 is 36.1 Å². The first-order valence-electron chi connectivity index (χ1n) is 7.70. The lowest BCUT2D eigenvalue weighted by Crippen LogP contribution is -2.37. The Morgan fingerprint density at radius 2 is 1.46 bits per heavy atom. The summed E-state index contributed by atoms with van der Waals surface area (Å²) in [5.41, 5.74) is 1.20. The van der Waals surface area contributed by atoms with Crippen LogP contribution in [0.15, 0.2) is 42.5 Å². The van der Waals surface area contributed by atoms with Crippen LogP contribution in [0.4, 0.5) is 5.69 Å². The highest BCUT2D eigenvalue weighted by Crippen LogP contribution is 2.23. The predicted molar refractivity (Wildman–Crippen MR) is 88.7 cm³/mol. The van der Waals surface area contributed by atoms with Crippen molar-refractivity contribution in [1.29, 1.82) is 0 Å². The molecule has 8 nitrogen and oxygen atoms in total. The van der Waals surface area contributed by atoms with Gasteiger partial charge in [-0.25, -0.2) is 0 Å². The van der Waals surface area contributed by atoms with Gasteiger partial charge in [0, 0.05) is 5.69 Å². The van der Waals surface area contributed by atoms with Crippen molar-refractivity contribution in [3.63, 3.8) is 0 Å². The third-order valence-corrected chi connectivity index (χ3v) is 4.20. The molecule has 0 atom stereocenters. The highest BCUT2D eigenvalue weighted by atomic mass is 16.2. The normalized spacial score (nSPS) is 15.0. The molecule has 2 aromatic carbocycles. The first-order chi connectivity index (χ1) is 12.5. The number of fused-ring (bicyclic) bond motifs is 2. The van der Waals surface area contributed by atoms with E-state index in [9.17, 15) is 24.0 Å². The van der Waals surface area contributed by atoms with Crippen molar-refractivity contribution < 1.29 is 24.0 Å². The fraction of sp³-hybridized carbons (Fsp3) is 0.0556. The van der Waals surface area contributed by atoms with E-state index >= 15 is 0 Å². The average molecular weight is 349 g/mol. The van der Waals surface area contributed by atoms with E-state index in [1.54, 1.807) is 12.1 Å². The Labute approximate surface area is 146 Å². The second-order valence-electron chi connectivity index (χ2n) is 5.83. The van der Waals surface area contributed by atoms with Gasteiger partial charge in [-0.1, -0.05) is 12.1 Å². The molecule has 2 N–H and O–H groups in total. The molecule has 5 amide bonds. The molecule has 0 aliphatic carbocycles. The zero-order valence-electron chi connectivity index (χ0n) is 13.2. The first-order valence-corrected chi connectivity index (χ1v) is 7.70. The summed E-state index contributed by atoms with van der Waals surface area (Å²) in [6.45, 7) is -0.450. The molecule has 4 rings (SSSR count). The average Bonchev–Trinajstić information content (AvgIpc) is 3.04. The van der Waals surface area contributed by atoms with Crippen LogP contribution in [0.3, 0.4) is 0 Å². The highest BCUT2D eigenvalue weighted by molar-refractivity contribution is 6.23. The van der Waals surface area contributed by atoms with E-state index in [2.05, 4.69) is 10.6 Å². The highest BCUT2D eigenvalue weighted by Gasteiger charge is 2.36. The van der Waals surface area contributed by atoms with E-state index in [0.29, 0.717) is 0 Å². The van der Waals surface area contributed by atoms with E-state index in [1.165, 1.54) is 30.3 Å². The van der Waals surface area contributed by atoms with Gasteiger partial charge >= 0.3 is 0 Å². The van der Waals surface area contributed by atoms with Crippen LogP contribution in [0.5, 0.6) is 0 Å². The van der Waals surface area contributed by atoms with E-state index in [-0.39, 0.29) is 27.9 Å². The zero-order chi connectivity index (χ0) is 18.4. The lowest BCUT2D eigenvalue weighted by molar-refractivity contribution is -0.116. The van der Waals surface area contributed by atoms with E-state index in [4.69, 9.17) is 0 Å². The molecule has 0 radical (unpaired) electrons. The SMILES string of the molecule is O=C(CN1C(=O)c2ccccc2C1=O)Nc1ccc2c(c1)C(=O)NC2=O. The fourth-order valence-corrected chi connectivity index (χ4v) is 2.97. The molecule has 2 heterocycles. The smallest absolute Gasteiger partial charge is 0.262 e. The van der Waals surface area contributed by atoms with Crippen LogP contribution < -0.4 is 10.6 Å². The second-order valence-corrected chi connectivity index (χ2v) is 5.83. The van der Waals surface area contributed by atoms with Gasteiger partial charge < -0.3 is 5.32 Å². The van der Waals surface area contributed by atoms with Gasteiger partial charge in [-0.3, -0.25) is 34.2 Å². The predicted octanol–water partition coefficient (Wildman–Crippen LogP) is 0.805. The van der Waals surface area contributed by atoms with Crippen molar-refractivity contribution in [3.05, 3.63) is 64.7 Å². The monoisotopic (exact) mass is 349 g/mol. The molecule has 2 aromatic rings. The van der Waals surface area contributed by atoms with Crippen LogP contribution in [0.1, 0.15) is 41.4 Å². The molecule has 0 saturated heterocycles. The zero-order valence-corrected chi connectivity index (χ0v) is 13.2. The lowest BCUT2D eigenvalue weighted by Gasteiger charge is -2.13. The van der Waals surface area contributed by atoms with Crippen LogP contribution in [-0.2, 0) is 4.79 Å². The molecule has 0 fully saturated rings. The van der Waals surface area contributed by atoms with Crippen molar-refractivity contribution in [2.75, 3.05) is 11.9 Å². The molecule has 8 heteroatoms. The molecule has 0 bridgehead atoms. The summed E-state index contributed by atoms with van der Waals surface area (Å²) < 4.78 is 0. The molecule has 2 aliphatic heterocycles. The van der Waals surface area contributed by atoms with Crippen molar-refractivity contribution in [2.24, 2.45) is 0 Å². The number of carbonyl (C=O) groups excluding carboxylic acids is 5. The number of nitrogens with zero attached hydrogens (tertiary/aromatic N) is 1. The standard InChI is InChI=1S/C18H11N3O5/c22-14(8-21-17(25)11-3-1-2-4-12(11)18(21)26)19-9-5-6-10-13(7-9)16(24)20-15(10)23/h1-7H,8H2,(H,19,22)(H,20,23,24). The van der Waals surface area contributed by atoms with Crippen LogP contribution in [0.2, 0.25) is 0 Å². The van der Waals surface area contributed by atoms with Crippen molar-refractivity contribution in [2.45, 2.75) is 0 Å².